The lowest BCUT2D eigenvalue weighted by atomic mass is 10.00. The molecule has 7 heteroatoms. The van der Waals surface area contributed by atoms with Crippen LogP contribution in [0, 0.1) is 13.8 Å². The van der Waals surface area contributed by atoms with Crippen molar-refractivity contribution < 1.29 is 4.79 Å². The summed E-state index contributed by atoms with van der Waals surface area (Å²) < 4.78 is 1.70. The van der Waals surface area contributed by atoms with Gasteiger partial charge in [-0.2, -0.15) is 4.68 Å². The fraction of sp³-hybridized carbons (Fsp3) is 0.273. The summed E-state index contributed by atoms with van der Waals surface area (Å²) in [4.78, 5) is 14.6. The van der Waals surface area contributed by atoms with E-state index in [1.165, 1.54) is 28.5 Å². The molecular weight excluding hydrogens is 382 g/mol. The van der Waals surface area contributed by atoms with E-state index < -0.39 is 0 Å². The quantitative estimate of drug-likeness (QED) is 0.606. The molecule has 0 fully saturated rings. The Morgan fingerprint density at radius 1 is 1.14 bits per heavy atom. The van der Waals surface area contributed by atoms with Gasteiger partial charge in [0.1, 0.15) is 0 Å². The Morgan fingerprint density at radius 2 is 1.97 bits per heavy atom. The molecule has 0 aliphatic carbocycles. The number of rotatable bonds is 5. The van der Waals surface area contributed by atoms with Crippen LogP contribution in [0.15, 0.2) is 59.8 Å². The topological polar surface area (TPSA) is 63.9 Å². The van der Waals surface area contributed by atoms with Gasteiger partial charge in [-0.3, -0.25) is 4.79 Å². The summed E-state index contributed by atoms with van der Waals surface area (Å²) in [5.74, 6) is 0.424. The van der Waals surface area contributed by atoms with Crippen LogP contribution in [0.4, 0.5) is 0 Å². The average Bonchev–Trinajstić information content (AvgIpc) is 3.21. The van der Waals surface area contributed by atoms with Crippen molar-refractivity contribution in [1.82, 2.24) is 25.1 Å². The van der Waals surface area contributed by atoms with Gasteiger partial charge in [0, 0.05) is 13.1 Å². The van der Waals surface area contributed by atoms with Gasteiger partial charge in [0.25, 0.3) is 0 Å². The van der Waals surface area contributed by atoms with E-state index in [1.807, 2.05) is 42.2 Å². The third-order valence-electron chi connectivity index (χ3n) is 5.05. The molecule has 1 aromatic heterocycles. The van der Waals surface area contributed by atoms with Crippen molar-refractivity contribution in [3.63, 3.8) is 0 Å². The highest BCUT2D eigenvalue weighted by Gasteiger charge is 2.20. The molecule has 1 aliphatic rings. The largest absolute Gasteiger partial charge is 0.338 e. The number of aromatic nitrogens is 4. The van der Waals surface area contributed by atoms with Crippen molar-refractivity contribution in [2.75, 3.05) is 18.8 Å². The maximum atomic E-state index is 12.7. The maximum absolute atomic E-state index is 12.7. The van der Waals surface area contributed by atoms with Crippen LogP contribution in [0.25, 0.3) is 11.3 Å². The SMILES string of the molecule is Cc1ccc(-n2nnnc2SCC(=O)N2CC=C(c3ccccc3)CC2)c(C)c1. The number of carbonyl (C=O) groups is 1. The van der Waals surface area contributed by atoms with Gasteiger partial charge >= 0.3 is 0 Å². The van der Waals surface area contributed by atoms with Crippen LogP contribution in [0.1, 0.15) is 23.1 Å². The Bertz CT molecular complexity index is 1040. The number of aryl methyl sites for hydroxylation is 2. The van der Waals surface area contributed by atoms with Crippen molar-refractivity contribution in [2.24, 2.45) is 0 Å². The van der Waals surface area contributed by atoms with E-state index in [0.29, 0.717) is 17.5 Å². The molecule has 0 unspecified atom stereocenters. The van der Waals surface area contributed by atoms with E-state index in [0.717, 1.165) is 24.2 Å². The maximum Gasteiger partial charge on any atom is 0.233 e. The highest BCUT2D eigenvalue weighted by atomic mass is 32.2. The van der Waals surface area contributed by atoms with Gasteiger partial charge in [0.2, 0.25) is 11.1 Å². The Balaban J connectivity index is 1.39. The van der Waals surface area contributed by atoms with Crippen LogP contribution < -0.4 is 0 Å². The summed E-state index contributed by atoms with van der Waals surface area (Å²) in [7, 11) is 0. The molecule has 0 radical (unpaired) electrons. The van der Waals surface area contributed by atoms with Crippen molar-refractivity contribution in [1.29, 1.82) is 0 Å². The number of hydrogen-bond acceptors (Lipinski definition) is 5. The van der Waals surface area contributed by atoms with Gasteiger partial charge < -0.3 is 4.90 Å². The molecule has 1 amide bonds. The number of thioether (sulfide) groups is 1. The molecule has 1 aliphatic heterocycles. The number of nitrogens with zero attached hydrogens (tertiary/aromatic N) is 5. The second-order valence-electron chi connectivity index (χ2n) is 7.14. The summed E-state index contributed by atoms with van der Waals surface area (Å²) in [5.41, 5.74) is 5.77. The molecule has 3 aromatic rings. The molecule has 0 saturated heterocycles. The van der Waals surface area contributed by atoms with Crippen molar-refractivity contribution >= 4 is 23.2 Å². The fourth-order valence-electron chi connectivity index (χ4n) is 3.49. The highest BCUT2D eigenvalue weighted by Crippen LogP contribution is 2.24. The third-order valence-corrected chi connectivity index (χ3v) is 5.96. The highest BCUT2D eigenvalue weighted by molar-refractivity contribution is 7.99. The Morgan fingerprint density at radius 3 is 2.69 bits per heavy atom. The molecule has 6 nitrogen and oxygen atoms in total. The van der Waals surface area contributed by atoms with Gasteiger partial charge in [-0.1, -0.05) is 65.9 Å². The minimum Gasteiger partial charge on any atom is -0.338 e. The molecular formula is C22H23N5OS. The van der Waals surface area contributed by atoms with Crippen LogP contribution in [-0.4, -0.2) is 49.9 Å². The molecule has 0 saturated carbocycles. The van der Waals surface area contributed by atoms with Crippen molar-refractivity contribution in [3.8, 4) is 5.69 Å². The third kappa shape index (κ3) is 4.40. The lowest BCUT2D eigenvalue weighted by Gasteiger charge is -2.26. The molecule has 0 spiro atoms. The van der Waals surface area contributed by atoms with Crippen molar-refractivity contribution in [3.05, 3.63) is 71.3 Å². The number of tetrazole rings is 1. The summed E-state index contributed by atoms with van der Waals surface area (Å²) in [6.45, 7) is 5.47. The van der Waals surface area contributed by atoms with E-state index in [1.54, 1.807) is 4.68 Å². The lowest BCUT2D eigenvalue weighted by Crippen LogP contribution is -2.35. The molecule has 0 N–H and O–H groups in total. The first-order valence-electron chi connectivity index (χ1n) is 9.63. The van der Waals surface area contributed by atoms with Crippen LogP contribution in [0.3, 0.4) is 0 Å². The van der Waals surface area contributed by atoms with E-state index in [2.05, 4.69) is 46.7 Å². The van der Waals surface area contributed by atoms with Crippen LogP contribution in [0.5, 0.6) is 0 Å². The summed E-state index contributed by atoms with van der Waals surface area (Å²) >= 11 is 1.38. The van der Waals surface area contributed by atoms with E-state index in [9.17, 15) is 4.79 Å². The predicted molar refractivity (Wildman–Crippen MR) is 115 cm³/mol. The van der Waals surface area contributed by atoms with E-state index in [4.69, 9.17) is 0 Å². The summed E-state index contributed by atoms with van der Waals surface area (Å²) in [6, 6.07) is 16.5. The van der Waals surface area contributed by atoms with E-state index in [-0.39, 0.29) is 5.91 Å². The minimum absolute atomic E-state index is 0.105. The normalized spacial score (nSPS) is 14.0. The molecule has 148 valence electrons. The predicted octanol–water partition coefficient (Wildman–Crippen LogP) is 3.69. The Labute approximate surface area is 174 Å². The smallest absolute Gasteiger partial charge is 0.233 e. The summed E-state index contributed by atoms with van der Waals surface area (Å²) in [5, 5.41) is 12.6. The number of carbonyl (C=O) groups excluding carboxylic acids is 1. The second-order valence-corrected chi connectivity index (χ2v) is 8.08. The monoisotopic (exact) mass is 405 g/mol. The summed E-state index contributed by atoms with van der Waals surface area (Å²) in [6.07, 6.45) is 3.03. The molecule has 29 heavy (non-hydrogen) atoms. The zero-order valence-corrected chi connectivity index (χ0v) is 17.4. The number of benzene rings is 2. The Kier molecular flexibility index (Phi) is 5.76. The van der Waals surface area contributed by atoms with Crippen molar-refractivity contribution in [2.45, 2.75) is 25.4 Å². The first kappa shape index (κ1) is 19.4. The molecule has 2 heterocycles. The first-order chi connectivity index (χ1) is 14.1. The van der Waals surface area contributed by atoms with Crippen LogP contribution in [0.2, 0.25) is 0 Å². The molecule has 0 atom stereocenters. The zero-order chi connectivity index (χ0) is 20.2. The molecule has 0 bridgehead atoms. The zero-order valence-electron chi connectivity index (χ0n) is 16.6. The fourth-order valence-corrected chi connectivity index (χ4v) is 4.28. The van der Waals surface area contributed by atoms with Crippen LogP contribution >= 0.6 is 11.8 Å². The number of hydrogen-bond donors (Lipinski definition) is 0. The van der Waals surface area contributed by atoms with Gasteiger partial charge in [-0.15, -0.1) is 5.10 Å². The van der Waals surface area contributed by atoms with Gasteiger partial charge in [-0.25, -0.2) is 0 Å². The average molecular weight is 406 g/mol. The Hall–Kier alpha value is -2.93. The second kappa shape index (κ2) is 8.61. The minimum atomic E-state index is 0.105. The lowest BCUT2D eigenvalue weighted by molar-refractivity contribution is -0.127. The molecule has 2 aromatic carbocycles. The van der Waals surface area contributed by atoms with Crippen LogP contribution in [-0.2, 0) is 4.79 Å². The first-order valence-corrected chi connectivity index (χ1v) is 10.6. The van der Waals surface area contributed by atoms with Gasteiger partial charge in [0.15, 0.2) is 0 Å². The molecule has 4 rings (SSSR count). The van der Waals surface area contributed by atoms with Gasteiger partial charge in [0.05, 0.1) is 11.4 Å². The standard InChI is InChI=1S/C22H23N5OS/c1-16-8-9-20(17(2)14-16)27-22(23-24-25-27)29-15-21(28)26-12-10-19(11-13-26)18-6-4-3-5-7-18/h3-10,14H,11-13,15H2,1-2H3. The van der Waals surface area contributed by atoms with Gasteiger partial charge in [-0.05, 0) is 53.5 Å². The number of amides is 1. The van der Waals surface area contributed by atoms with E-state index >= 15 is 0 Å².